The van der Waals surface area contributed by atoms with Gasteiger partial charge in [0.15, 0.2) is 0 Å². The highest BCUT2D eigenvalue weighted by Gasteiger charge is 2.03. The number of hydrogen-bond acceptors (Lipinski definition) is 2. The van der Waals surface area contributed by atoms with E-state index in [1.54, 1.807) is 6.20 Å². The summed E-state index contributed by atoms with van der Waals surface area (Å²) in [5, 5.41) is 5.36. The number of carbonyl (C=O) groups excluding carboxylic acids is 1. The van der Waals surface area contributed by atoms with Crippen LogP contribution >= 0.6 is 11.6 Å². The lowest BCUT2D eigenvalue weighted by Gasteiger charge is -2.04. The van der Waals surface area contributed by atoms with Crippen molar-refractivity contribution in [3.63, 3.8) is 0 Å². The quantitative estimate of drug-likeness (QED) is 0.530. The van der Waals surface area contributed by atoms with Crippen molar-refractivity contribution in [1.29, 1.82) is 0 Å². The minimum Gasteiger partial charge on any atom is -0.338 e. The minimum absolute atomic E-state index is 0.239. The normalized spacial score (nSPS) is 10.1. The summed E-state index contributed by atoms with van der Waals surface area (Å²) < 4.78 is 0. The predicted molar refractivity (Wildman–Crippen MR) is 64.9 cm³/mol. The maximum atomic E-state index is 11.3. The van der Waals surface area contributed by atoms with Crippen molar-refractivity contribution in [2.24, 2.45) is 0 Å². The second-order valence-corrected chi connectivity index (χ2v) is 3.79. The number of rotatable bonds is 6. The van der Waals surface area contributed by atoms with Crippen LogP contribution in [0, 0.1) is 0 Å². The number of H-pyrrole nitrogens is 1. The van der Waals surface area contributed by atoms with Crippen molar-refractivity contribution in [2.75, 3.05) is 17.7 Å². The molecule has 0 aromatic carbocycles. The Bertz CT molecular complexity index is 326. The van der Waals surface area contributed by atoms with Gasteiger partial charge in [-0.05, 0) is 12.8 Å². The second kappa shape index (κ2) is 7.11. The molecule has 90 valence electrons. The summed E-state index contributed by atoms with van der Waals surface area (Å²) in [4.78, 5) is 18.5. The van der Waals surface area contributed by atoms with Crippen molar-refractivity contribution in [1.82, 2.24) is 15.3 Å². The van der Waals surface area contributed by atoms with Crippen molar-refractivity contribution < 1.29 is 4.79 Å². The topological polar surface area (TPSA) is 69.8 Å². The highest BCUT2D eigenvalue weighted by atomic mass is 35.5. The van der Waals surface area contributed by atoms with E-state index in [1.165, 1.54) is 0 Å². The number of nitrogens with zero attached hydrogens (tertiary/aromatic N) is 1. The number of anilines is 1. The van der Waals surface area contributed by atoms with Gasteiger partial charge in [0.2, 0.25) is 0 Å². The van der Waals surface area contributed by atoms with Crippen LogP contribution in [0.25, 0.3) is 0 Å². The zero-order valence-electron chi connectivity index (χ0n) is 9.35. The molecule has 16 heavy (non-hydrogen) atoms. The number of nitrogens with one attached hydrogen (secondary N) is 3. The smallest absolute Gasteiger partial charge is 0.320 e. The molecule has 1 heterocycles. The van der Waals surface area contributed by atoms with Crippen LogP contribution in [0.3, 0.4) is 0 Å². The third-order valence-electron chi connectivity index (χ3n) is 1.96. The maximum absolute atomic E-state index is 11.3. The van der Waals surface area contributed by atoms with E-state index in [0.29, 0.717) is 18.2 Å². The molecule has 0 saturated carbocycles. The van der Waals surface area contributed by atoms with Crippen LogP contribution < -0.4 is 10.6 Å². The van der Waals surface area contributed by atoms with Gasteiger partial charge < -0.3 is 10.3 Å². The van der Waals surface area contributed by atoms with Gasteiger partial charge in [-0.15, -0.1) is 11.6 Å². The first kappa shape index (κ1) is 12.8. The summed E-state index contributed by atoms with van der Waals surface area (Å²) in [5.41, 5.74) is 0. The van der Waals surface area contributed by atoms with E-state index in [9.17, 15) is 4.79 Å². The van der Waals surface area contributed by atoms with E-state index in [4.69, 9.17) is 11.6 Å². The van der Waals surface area contributed by atoms with Crippen LogP contribution in [0.1, 0.15) is 25.6 Å². The van der Waals surface area contributed by atoms with Crippen LogP contribution in [0.2, 0.25) is 0 Å². The number of amides is 2. The number of carbonyl (C=O) groups is 1. The van der Waals surface area contributed by atoms with Gasteiger partial charge in [-0.2, -0.15) is 0 Å². The molecule has 0 bridgehead atoms. The van der Waals surface area contributed by atoms with Gasteiger partial charge in [-0.3, -0.25) is 5.32 Å². The molecule has 3 N–H and O–H groups in total. The maximum Gasteiger partial charge on any atom is 0.320 e. The first-order chi connectivity index (χ1) is 7.76. The Kier molecular flexibility index (Phi) is 5.71. The molecule has 0 saturated heterocycles. The van der Waals surface area contributed by atoms with Crippen LogP contribution in [-0.4, -0.2) is 28.4 Å². The molecule has 0 atom stereocenters. The van der Waals surface area contributed by atoms with Crippen LogP contribution in [-0.2, 0) is 6.42 Å². The molecule has 0 aliphatic rings. The molecule has 0 spiro atoms. The highest BCUT2D eigenvalue weighted by molar-refractivity contribution is 6.17. The van der Waals surface area contributed by atoms with Crippen LogP contribution in [0.5, 0.6) is 0 Å². The zero-order valence-corrected chi connectivity index (χ0v) is 10.1. The van der Waals surface area contributed by atoms with E-state index in [2.05, 4.69) is 27.5 Å². The van der Waals surface area contributed by atoms with Crippen molar-refractivity contribution in [3.05, 3.63) is 12.0 Å². The van der Waals surface area contributed by atoms with Crippen LogP contribution in [0.15, 0.2) is 6.20 Å². The summed E-state index contributed by atoms with van der Waals surface area (Å²) in [6, 6.07) is -0.239. The average Bonchev–Trinajstić information content (AvgIpc) is 2.66. The molecule has 1 aromatic heterocycles. The number of halogens is 1. The minimum atomic E-state index is -0.239. The third kappa shape index (κ3) is 4.53. The summed E-state index contributed by atoms with van der Waals surface area (Å²) >= 11 is 5.50. The fourth-order valence-electron chi connectivity index (χ4n) is 1.23. The Hall–Kier alpha value is -1.23. The lowest BCUT2D eigenvalue weighted by molar-refractivity contribution is 0.252. The fourth-order valence-corrected chi connectivity index (χ4v) is 1.36. The Morgan fingerprint density at radius 3 is 3.12 bits per heavy atom. The molecule has 6 heteroatoms. The van der Waals surface area contributed by atoms with Crippen molar-refractivity contribution >= 4 is 23.4 Å². The summed E-state index contributed by atoms with van der Waals surface area (Å²) in [7, 11) is 0. The van der Waals surface area contributed by atoms with Gasteiger partial charge >= 0.3 is 6.03 Å². The fraction of sp³-hybridized carbons (Fsp3) is 0.600. The summed E-state index contributed by atoms with van der Waals surface area (Å²) in [6.45, 7) is 2.65. The zero-order chi connectivity index (χ0) is 11.8. The predicted octanol–water partition coefficient (Wildman–Crippen LogP) is 2.11. The number of imidazole rings is 1. The molecule has 1 rings (SSSR count). The van der Waals surface area contributed by atoms with E-state index >= 15 is 0 Å². The van der Waals surface area contributed by atoms with E-state index in [1.807, 2.05) is 0 Å². The number of urea groups is 1. The van der Waals surface area contributed by atoms with Crippen molar-refractivity contribution in [2.45, 2.75) is 26.2 Å². The molecule has 0 aliphatic heterocycles. The monoisotopic (exact) mass is 244 g/mol. The van der Waals surface area contributed by atoms with Gasteiger partial charge in [0.1, 0.15) is 11.6 Å². The molecule has 5 nitrogen and oxygen atoms in total. The molecule has 0 fully saturated rings. The molecule has 0 aliphatic carbocycles. The number of aromatic nitrogens is 2. The first-order valence-corrected chi connectivity index (χ1v) is 5.94. The molecular weight excluding hydrogens is 228 g/mol. The SMILES string of the molecule is CCCc1ncc(NC(=O)NCCCCl)[nH]1. The van der Waals surface area contributed by atoms with E-state index < -0.39 is 0 Å². The van der Waals surface area contributed by atoms with Crippen LogP contribution in [0.4, 0.5) is 10.6 Å². The standard InChI is InChI=1S/C10H17ClN4O/c1-2-4-8-13-7-9(14-8)15-10(16)12-6-3-5-11/h7H,2-6H2,1H3,(H,13,14)(H2,12,15,16). The Labute approximate surface area is 100.0 Å². The van der Waals surface area contributed by atoms with Gasteiger partial charge in [0, 0.05) is 18.8 Å². The second-order valence-electron chi connectivity index (χ2n) is 3.42. The first-order valence-electron chi connectivity index (χ1n) is 5.41. The number of alkyl halides is 1. The van der Waals surface area contributed by atoms with Gasteiger partial charge in [-0.1, -0.05) is 6.92 Å². The van der Waals surface area contributed by atoms with Gasteiger partial charge in [0.05, 0.1) is 6.20 Å². The highest BCUT2D eigenvalue weighted by Crippen LogP contribution is 2.04. The van der Waals surface area contributed by atoms with E-state index in [-0.39, 0.29) is 6.03 Å². The lowest BCUT2D eigenvalue weighted by atomic mass is 10.3. The summed E-state index contributed by atoms with van der Waals surface area (Å²) in [6.07, 6.45) is 4.29. The Morgan fingerprint density at radius 1 is 1.62 bits per heavy atom. The molecule has 0 radical (unpaired) electrons. The molecule has 2 amide bonds. The molecular formula is C10H17ClN4O. The average molecular weight is 245 g/mol. The molecule has 1 aromatic rings. The van der Waals surface area contributed by atoms with Gasteiger partial charge in [-0.25, -0.2) is 9.78 Å². The number of aromatic amines is 1. The third-order valence-corrected chi connectivity index (χ3v) is 2.23. The van der Waals surface area contributed by atoms with Crippen molar-refractivity contribution in [3.8, 4) is 0 Å². The Morgan fingerprint density at radius 2 is 2.44 bits per heavy atom. The van der Waals surface area contributed by atoms with E-state index in [0.717, 1.165) is 25.1 Å². The lowest BCUT2D eigenvalue weighted by Crippen LogP contribution is -2.29. The number of hydrogen-bond donors (Lipinski definition) is 3. The largest absolute Gasteiger partial charge is 0.338 e. The van der Waals surface area contributed by atoms with Gasteiger partial charge in [0.25, 0.3) is 0 Å². The number of aryl methyl sites for hydroxylation is 1. The molecule has 0 unspecified atom stereocenters. The Balaban J connectivity index is 2.31. The summed E-state index contributed by atoms with van der Waals surface area (Å²) in [5.74, 6) is 2.05.